The van der Waals surface area contributed by atoms with Gasteiger partial charge in [-0.15, -0.1) is 0 Å². The van der Waals surface area contributed by atoms with E-state index in [4.69, 9.17) is 0 Å². The van der Waals surface area contributed by atoms with E-state index in [1.807, 2.05) is 0 Å². The first kappa shape index (κ1) is 12.6. The molecule has 0 radical (unpaired) electrons. The summed E-state index contributed by atoms with van der Waals surface area (Å²) in [5.41, 5.74) is 1.23. The predicted molar refractivity (Wildman–Crippen MR) is 72.4 cm³/mol. The second-order valence-electron chi connectivity index (χ2n) is 5.04. The highest BCUT2D eigenvalue weighted by Gasteiger charge is 2.37. The van der Waals surface area contributed by atoms with Crippen LogP contribution in [0.3, 0.4) is 0 Å². The molecular formula is C14H17BrN2. The molecule has 0 aromatic heterocycles. The van der Waals surface area contributed by atoms with Gasteiger partial charge in [-0.1, -0.05) is 34.5 Å². The molecule has 1 aromatic rings. The number of rotatable bonds is 4. The van der Waals surface area contributed by atoms with Crippen molar-refractivity contribution in [2.45, 2.75) is 25.8 Å². The van der Waals surface area contributed by atoms with Crippen molar-refractivity contribution in [3.8, 4) is 6.07 Å². The molecule has 0 N–H and O–H groups in total. The Kier molecular flexibility index (Phi) is 3.86. The molecule has 0 heterocycles. The van der Waals surface area contributed by atoms with Gasteiger partial charge in [0.2, 0.25) is 0 Å². The molecular weight excluding hydrogens is 276 g/mol. The Morgan fingerprint density at radius 3 is 2.47 bits per heavy atom. The van der Waals surface area contributed by atoms with Gasteiger partial charge in [-0.2, -0.15) is 5.26 Å². The second kappa shape index (κ2) is 5.20. The van der Waals surface area contributed by atoms with E-state index < -0.39 is 0 Å². The van der Waals surface area contributed by atoms with E-state index >= 15 is 0 Å². The maximum atomic E-state index is 9.21. The van der Waals surface area contributed by atoms with Crippen LogP contribution in [0, 0.1) is 16.7 Å². The number of halogens is 1. The highest BCUT2D eigenvalue weighted by atomic mass is 79.9. The zero-order valence-corrected chi connectivity index (χ0v) is 11.7. The Hall–Kier alpha value is -0.850. The molecule has 0 spiro atoms. The molecule has 1 aliphatic rings. The fourth-order valence-corrected chi connectivity index (χ4v) is 2.65. The largest absolute Gasteiger partial charge is 0.301 e. The minimum Gasteiger partial charge on any atom is -0.301 e. The summed E-state index contributed by atoms with van der Waals surface area (Å²) in [4.78, 5) is 2.26. The van der Waals surface area contributed by atoms with Crippen molar-refractivity contribution in [2.75, 3.05) is 13.6 Å². The van der Waals surface area contributed by atoms with Crippen LogP contribution >= 0.6 is 15.9 Å². The average Bonchev–Trinajstić information content (AvgIpc) is 2.27. The number of hydrogen-bond donors (Lipinski definition) is 0. The SMILES string of the molecule is CN(Cc1ccc(Br)cc1)CC1(C#N)CCC1. The summed E-state index contributed by atoms with van der Waals surface area (Å²) >= 11 is 3.44. The molecule has 2 nitrogen and oxygen atoms in total. The van der Waals surface area contributed by atoms with E-state index in [1.54, 1.807) is 0 Å². The molecule has 1 saturated carbocycles. The average molecular weight is 293 g/mol. The van der Waals surface area contributed by atoms with Gasteiger partial charge in [0.05, 0.1) is 11.5 Å². The minimum absolute atomic E-state index is 0.0654. The number of hydrogen-bond acceptors (Lipinski definition) is 2. The molecule has 1 fully saturated rings. The van der Waals surface area contributed by atoms with Crippen LogP contribution in [0.15, 0.2) is 28.7 Å². The van der Waals surface area contributed by atoms with E-state index in [1.165, 1.54) is 12.0 Å². The normalized spacial score (nSPS) is 17.5. The Labute approximate surface area is 111 Å². The summed E-state index contributed by atoms with van der Waals surface area (Å²) in [6, 6.07) is 10.9. The molecule has 0 unspecified atom stereocenters. The van der Waals surface area contributed by atoms with Crippen molar-refractivity contribution >= 4 is 15.9 Å². The summed E-state index contributed by atoms with van der Waals surface area (Å²) in [6.45, 7) is 1.80. The van der Waals surface area contributed by atoms with Crippen LogP contribution < -0.4 is 0 Å². The zero-order chi connectivity index (χ0) is 12.3. The molecule has 0 atom stereocenters. The van der Waals surface area contributed by atoms with Crippen LogP contribution in [0.4, 0.5) is 0 Å². The monoisotopic (exact) mass is 292 g/mol. The van der Waals surface area contributed by atoms with Crippen LogP contribution in [-0.2, 0) is 6.54 Å². The van der Waals surface area contributed by atoms with Gasteiger partial charge in [0.1, 0.15) is 0 Å². The zero-order valence-electron chi connectivity index (χ0n) is 10.1. The van der Waals surface area contributed by atoms with Crippen molar-refractivity contribution in [1.82, 2.24) is 4.90 Å². The summed E-state index contributed by atoms with van der Waals surface area (Å²) in [6.07, 6.45) is 3.34. The van der Waals surface area contributed by atoms with Gasteiger partial charge in [-0.25, -0.2) is 0 Å². The Bertz CT molecular complexity index is 415. The van der Waals surface area contributed by atoms with E-state index in [-0.39, 0.29) is 5.41 Å². The highest BCUT2D eigenvalue weighted by Crippen LogP contribution is 2.40. The molecule has 0 aliphatic heterocycles. The summed E-state index contributed by atoms with van der Waals surface area (Å²) < 4.78 is 1.11. The van der Waals surface area contributed by atoms with Gasteiger partial charge in [0, 0.05) is 17.6 Å². The lowest BCUT2D eigenvalue weighted by Crippen LogP contribution is -2.39. The van der Waals surface area contributed by atoms with E-state index in [0.29, 0.717) is 0 Å². The third-order valence-corrected chi connectivity index (χ3v) is 4.01. The summed E-state index contributed by atoms with van der Waals surface area (Å²) in [5.74, 6) is 0. The van der Waals surface area contributed by atoms with Crippen molar-refractivity contribution in [3.05, 3.63) is 34.3 Å². The fraction of sp³-hybridized carbons (Fsp3) is 0.500. The fourth-order valence-electron chi connectivity index (χ4n) is 2.38. The maximum Gasteiger partial charge on any atom is 0.0703 e. The summed E-state index contributed by atoms with van der Waals surface area (Å²) in [7, 11) is 2.10. The van der Waals surface area contributed by atoms with E-state index in [2.05, 4.69) is 58.2 Å². The molecule has 3 heteroatoms. The smallest absolute Gasteiger partial charge is 0.0703 e. The first-order valence-electron chi connectivity index (χ1n) is 5.98. The lowest BCUT2D eigenvalue weighted by Gasteiger charge is -2.38. The van der Waals surface area contributed by atoms with Crippen LogP contribution in [0.1, 0.15) is 24.8 Å². The molecule has 1 aliphatic carbocycles. The molecule has 90 valence electrons. The quantitative estimate of drug-likeness (QED) is 0.848. The number of nitrogens with zero attached hydrogens (tertiary/aromatic N) is 2. The van der Waals surface area contributed by atoms with Crippen molar-refractivity contribution in [1.29, 1.82) is 5.26 Å². The topological polar surface area (TPSA) is 27.0 Å². The first-order valence-corrected chi connectivity index (χ1v) is 6.77. The van der Waals surface area contributed by atoms with Crippen LogP contribution in [0.5, 0.6) is 0 Å². The van der Waals surface area contributed by atoms with Gasteiger partial charge >= 0.3 is 0 Å². The number of nitriles is 1. The molecule has 17 heavy (non-hydrogen) atoms. The Morgan fingerprint density at radius 1 is 1.35 bits per heavy atom. The van der Waals surface area contributed by atoms with E-state index in [0.717, 1.165) is 30.4 Å². The first-order chi connectivity index (χ1) is 8.13. The van der Waals surface area contributed by atoms with Crippen molar-refractivity contribution < 1.29 is 0 Å². The third-order valence-electron chi connectivity index (χ3n) is 3.49. The highest BCUT2D eigenvalue weighted by molar-refractivity contribution is 9.10. The van der Waals surface area contributed by atoms with Gasteiger partial charge in [0.15, 0.2) is 0 Å². The minimum atomic E-state index is -0.0654. The van der Waals surface area contributed by atoms with E-state index in [9.17, 15) is 5.26 Å². The Morgan fingerprint density at radius 2 is 2.00 bits per heavy atom. The molecule has 2 rings (SSSR count). The van der Waals surface area contributed by atoms with Crippen molar-refractivity contribution in [3.63, 3.8) is 0 Å². The predicted octanol–water partition coefficient (Wildman–Crippen LogP) is 3.57. The van der Waals surface area contributed by atoms with Gasteiger partial charge in [-0.3, -0.25) is 0 Å². The standard InChI is InChI=1S/C14H17BrN2/c1-17(11-14(10-16)7-2-8-14)9-12-3-5-13(15)6-4-12/h3-6H,2,7-9,11H2,1H3. The van der Waals surface area contributed by atoms with Crippen LogP contribution in [-0.4, -0.2) is 18.5 Å². The molecule has 0 bridgehead atoms. The van der Waals surface area contributed by atoms with Crippen LogP contribution in [0.2, 0.25) is 0 Å². The summed E-state index contributed by atoms with van der Waals surface area (Å²) in [5, 5.41) is 9.21. The maximum absolute atomic E-state index is 9.21. The lowest BCUT2D eigenvalue weighted by molar-refractivity contribution is 0.134. The van der Waals surface area contributed by atoms with Crippen LogP contribution in [0.25, 0.3) is 0 Å². The van der Waals surface area contributed by atoms with Gasteiger partial charge < -0.3 is 4.90 Å². The molecule has 0 amide bonds. The second-order valence-corrected chi connectivity index (χ2v) is 5.96. The van der Waals surface area contributed by atoms with Crippen molar-refractivity contribution in [2.24, 2.45) is 5.41 Å². The lowest BCUT2D eigenvalue weighted by atomic mass is 9.69. The Balaban J connectivity index is 1.91. The van der Waals surface area contributed by atoms with Gasteiger partial charge in [0.25, 0.3) is 0 Å². The molecule has 0 saturated heterocycles. The third kappa shape index (κ3) is 3.08. The van der Waals surface area contributed by atoms with Gasteiger partial charge in [-0.05, 0) is 37.6 Å². The number of benzene rings is 1. The molecule has 1 aromatic carbocycles.